The maximum absolute atomic E-state index is 14.1. The van der Waals surface area contributed by atoms with Gasteiger partial charge in [0, 0.05) is 30.5 Å². The summed E-state index contributed by atoms with van der Waals surface area (Å²) in [5, 5.41) is 8.89. The van der Waals surface area contributed by atoms with Gasteiger partial charge in [0.1, 0.15) is 6.04 Å². The fourth-order valence-corrected chi connectivity index (χ4v) is 7.85. The van der Waals surface area contributed by atoms with Crippen LogP contribution in [0.2, 0.25) is 0 Å². The molecule has 2 saturated heterocycles. The van der Waals surface area contributed by atoms with E-state index in [1.165, 1.54) is 0 Å². The van der Waals surface area contributed by atoms with Crippen molar-refractivity contribution < 1.29 is 24.2 Å². The first-order valence-corrected chi connectivity index (χ1v) is 13.5. The van der Waals surface area contributed by atoms with Crippen LogP contribution in [0.3, 0.4) is 0 Å². The first-order valence-electron chi connectivity index (χ1n) is 12.6. The number of ether oxygens (including phenoxy) is 1. The molecule has 4 aliphatic rings. The first-order chi connectivity index (χ1) is 16.2. The Balaban J connectivity index is 1.73. The molecular formula is C26H38N2O5S. The highest BCUT2D eigenvalue weighted by molar-refractivity contribution is 8.02. The van der Waals surface area contributed by atoms with Crippen LogP contribution in [0.15, 0.2) is 24.3 Å². The standard InChI is InChI=1S/C26H38N2O5S/c1-25(2,3)28-15-11-13-26-20(19-18(34-26)12-7-6-10-17-33-24(19)32)22(30)27(21(26)23(28)31)14-8-4-5-9-16-29/h7,11-13,18-21,29H,4-6,8-10,14-17H2,1-3H3/b12-7-/t18-,19+,20+,21?,26+/m1/s1. The maximum atomic E-state index is 14.1. The molecule has 7 nitrogen and oxygen atoms in total. The number of thioether (sulfide) groups is 1. The fraction of sp³-hybridized carbons (Fsp3) is 0.731. The minimum Gasteiger partial charge on any atom is -0.465 e. The van der Waals surface area contributed by atoms with Gasteiger partial charge in [-0.25, -0.2) is 0 Å². The Morgan fingerprint density at radius 2 is 1.88 bits per heavy atom. The SMILES string of the molecule is CC(C)(C)N1CC=C[C@]23S[C@@H]4/C=C\CCCOC(=O)[C@@H]4[C@H]2C(=O)N(CCCCCCO)C3C1=O. The molecule has 0 radical (unpaired) electrons. The van der Waals surface area contributed by atoms with Crippen LogP contribution >= 0.6 is 11.8 Å². The van der Waals surface area contributed by atoms with Crippen molar-refractivity contribution in [3.05, 3.63) is 24.3 Å². The van der Waals surface area contributed by atoms with Gasteiger partial charge in [-0.15, -0.1) is 11.8 Å². The van der Waals surface area contributed by atoms with E-state index in [-0.39, 0.29) is 35.2 Å². The van der Waals surface area contributed by atoms with E-state index < -0.39 is 22.6 Å². The van der Waals surface area contributed by atoms with Crippen molar-refractivity contribution in [2.75, 3.05) is 26.3 Å². The number of esters is 1. The second-order valence-corrected chi connectivity index (χ2v) is 12.3. The molecule has 4 aliphatic heterocycles. The zero-order chi connectivity index (χ0) is 24.5. The zero-order valence-corrected chi connectivity index (χ0v) is 21.4. The van der Waals surface area contributed by atoms with Crippen molar-refractivity contribution in [3.8, 4) is 0 Å². The normalized spacial score (nSPS) is 34.5. The van der Waals surface area contributed by atoms with E-state index in [9.17, 15) is 14.4 Å². The smallest absolute Gasteiger partial charge is 0.311 e. The number of rotatable bonds is 6. The van der Waals surface area contributed by atoms with Crippen LogP contribution in [0.25, 0.3) is 0 Å². The Kier molecular flexibility index (Phi) is 7.48. The summed E-state index contributed by atoms with van der Waals surface area (Å²) < 4.78 is 4.82. The molecule has 4 heterocycles. The lowest BCUT2D eigenvalue weighted by Crippen LogP contribution is -2.57. The van der Waals surface area contributed by atoms with Crippen molar-refractivity contribution in [2.24, 2.45) is 11.8 Å². The van der Waals surface area contributed by atoms with Gasteiger partial charge in [0.25, 0.3) is 0 Å². The second kappa shape index (κ2) is 10.1. The van der Waals surface area contributed by atoms with Crippen molar-refractivity contribution in [1.29, 1.82) is 0 Å². The van der Waals surface area contributed by atoms with Crippen molar-refractivity contribution >= 4 is 29.5 Å². The van der Waals surface area contributed by atoms with Gasteiger partial charge in [-0.3, -0.25) is 14.4 Å². The molecule has 0 aromatic carbocycles. The summed E-state index contributed by atoms with van der Waals surface area (Å²) in [5.41, 5.74) is -0.386. The zero-order valence-electron chi connectivity index (χ0n) is 20.6. The van der Waals surface area contributed by atoms with Gasteiger partial charge in [0.2, 0.25) is 11.8 Å². The van der Waals surface area contributed by atoms with Gasteiger partial charge >= 0.3 is 5.97 Å². The fourth-order valence-electron chi connectivity index (χ4n) is 5.84. The lowest BCUT2D eigenvalue weighted by Gasteiger charge is -2.40. The molecule has 2 fully saturated rings. The number of aliphatic hydroxyl groups is 1. The summed E-state index contributed by atoms with van der Waals surface area (Å²) in [6.45, 7) is 7.54. The predicted octanol–water partition coefficient (Wildman–Crippen LogP) is 2.93. The van der Waals surface area contributed by atoms with Gasteiger partial charge < -0.3 is 19.6 Å². The number of unbranched alkanes of at least 4 members (excludes halogenated alkanes) is 3. The number of aliphatic hydroxyl groups excluding tert-OH is 1. The minimum atomic E-state index is -0.781. The van der Waals surface area contributed by atoms with Gasteiger partial charge in [0.15, 0.2) is 0 Å². The summed E-state index contributed by atoms with van der Waals surface area (Å²) >= 11 is 1.60. The van der Waals surface area contributed by atoms with Crippen LogP contribution in [0.5, 0.6) is 0 Å². The highest BCUT2D eigenvalue weighted by Gasteiger charge is 2.71. The number of cyclic esters (lactones) is 1. The number of nitrogens with zero attached hydrogens (tertiary/aromatic N) is 2. The number of amides is 2. The predicted molar refractivity (Wildman–Crippen MR) is 132 cm³/mol. The van der Waals surface area contributed by atoms with Gasteiger partial charge in [-0.05, 0) is 46.5 Å². The number of fused-ring (bicyclic) bond motifs is 2. The molecule has 5 atom stereocenters. The molecule has 34 heavy (non-hydrogen) atoms. The van der Waals surface area contributed by atoms with Crippen molar-refractivity contribution in [2.45, 2.75) is 80.9 Å². The van der Waals surface area contributed by atoms with E-state index in [1.54, 1.807) is 16.7 Å². The average Bonchev–Trinajstić information content (AvgIpc) is 3.17. The summed E-state index contributed by atoms with van der Waals surface area (Å²) in [4.78, 5) is 44.9. The van der Waals surface area contributed by atoms with Crippen LogP contribution in [-0.4, -0.2) is 80.6 Å². The third-order valence-electron chi connectivity index (χ3n) is 7.47. The Morgan fingerprint density at radius 1 is 1.12 bits per heavy atom. The van der Waals surface area contributed by atoms with E-state index in [0.29, 0.717) is 19.7 Å². The molecule has 2 amide bonds. The van der Waals surface area contributed by atoms with E-state index in [1.807, 2.05) is 31.7 Å². The van der Waals surface area contributed by atoms with Crippen LogP contribution in [0, 0.1) is 11.8 Å². The van der Waals surface area contributed by atoms with Crippen LogP contribution < -0.4 is 0 Å². The summed E-state index contributed by atoms with van der Waals surface area (Å²) in [6.07, 6.45) is 13.1. The van der Waals surface area contributed by atoms with E-state index >= 15 is 0 Å². The monoisotopic (exact) mass is 490 g/mol. The Hall–Kier alpha value is -1.80. The maximum Gasteiger partial charge on any atom is 0.311 e. The van der Waals surface area contributed by atoms with E-state index in [2.05, 4.69) is 18.2 Å². The summed E-state index contributed by atoms with van der Waals surface area (Å²) in [7, 11) is 0. The number of carbonyl (C=O) groups excluding carboxylic acids is 3. The largest absolute Gasteiger partial charge is 0.465 e. The molecule has 0 aromatic rings. The average molecular weight is 491 g/mol. The van der Waals surface area contributed by atoms with Crippen LogP contribution in [0.1, 0.15) is 59.3 Å². The van der Waals surface area contributed by atoms with Crippen LogP contribution in [-0.2, 0) is 19.1 Å². The topological polar surface area (TPSA) is 87.2 Å². The number of hydrogen-bond donors (Lipinski definition) is 1. The molecule has 0 aromatic heterocycles. The summed E-state index contributed by atoms with van der Waals surface area (Å²) in [6, 6.07) is -0.637. The third-order valence-corrected chi connectivity index (χ3v) is 9.21. The molecule has 8 heteroatoms. The number of allylic oxidation sites excluding steroid dienone is 1. The van der Waals surface area contributed by atoms with Crippen LogP contribution in [0.4, 0.5) is 0 Å². The van der Waals surface area contributed by atoms with Crippen molar-refractivity contribution in [1.82, 2.24) is 9.80 Å². The van der Waals surface area contributed by atoms with Gasteiger partial charge in [-0.1, -0.05) is 37.1 Å². The van der Waals surface area contributed by atoms with E-state index in [0.717, 1.165) is 38.5 Å². The number of carbonyl (C=O) groups is 3. The molecule has 1 spiro atoms. The highest BCUT2D eigenvalue weighted by atomic mass is 32.2. The lowest BCUT2D eigenvalue weighted by atomic mass is 9.78. The second-order valence-electron chi connectivity index (χ2n) is 10.8. The van der Waals surface area contributed by atoms with Gasteiger partial charge in [0.05, 0.1) is 23.2 Å². The summed E-state index contributed by atoms with van der Waals surface area (Å²) in [5.74, 6) is -1.67. The highest BCUT2D eigenvalue weighted by Crippen LogP contribution is 2.61. The molecule has 0 aliphatic carbocycles. The molecular weight excluding hydrogens is 452 g/mol. The molecule has 0 saturated carbocycles. The van der Waals surface area contributed by atoms with Gasteiger partial charge in [-0.2, -0.15) is 0 Å². The molecule has 188 valence electrons. The molecule has 4 rings (SSSR count). The number of likely N-dealkylation sites (tertiary alicyclic amines) is 1. The Morgan fingerprint density at radius 3 is 2.62 bits per heavy atom. The quantitative estimate of drug-likeness (QED) is 0.350. The molecule has 1 unspecified atom stereocenters. The van der Waals surface area contributed by atoms with Crippen molar-refractivity contribution in [3.63, 3.8) is 0 Å². The van der Waals surface area contributed by atoms with E-state index in [4.69, 9.17) is 9.84 Å². The first kappa shape index (κ1) is 25.3. The lowest BCUT2D eigenvalue weighted by molar-refractivity contribution is -0.153. The minimum absolute atomic E-state index is 0.0416. The molecule has 1 N–H and O–H groups in total. The Bertz CT molecular complexity index is 866. The third kappa shape index (κ3) is 4.43. The molecule has 0 bridgehead atoms. The Labute approximate surface area is 206 Å². The number of hydrogen-bond acceptors (Lipinski definition) is 6.